The minimum atomic E-state index is 0. The van der Waals surface area contributed by atoms with Crippen LogP contribution in [0.4, 0.5) is 0 Å². The van der Waals surface area contributed by atoms with Gasteiger partial charge in [0.2, 0.25) is 0 Å². The van der Waals surface area contributed by atoms with Crippen LogP contribution in [0.1, 0.15) is 18.4 Å². The third kappa shape index (κ3) is 2.90. The first-order chi connectivity index (χ1) is 7.74. The van der Waals surface area contributed by atoms with Crippen molar-refractivity contribution < 1.29 is 4.74 Å². The highest BCUT2D eigenvalue weighted by Crippen LogP contribution is 2.24. The number of rotatable bonds is 3. The van der Waals surface area contributed by atoms with Crippen LogP contribution in [0.5, 0.6) is 5.75 Å². The lowest BCUT2D eigenvalue weighted by Gasteiger charge is -2.10. The van der Waals surface area contributed by atoms with E-state index in [1.807, 2.05) is 12.1 Å². The van der Waals surface area contributed by atoms with Crippen molar-refractivity contribution in [3.05, 3.63) is 42.0 Å². The molecular formula is C14H18ClNO. The van der Waals surface area contributed by atoms with Gasteiger partial charge >= 0.3 is 0 Å². The molecule has 2 aromatic carbocycles. The maximum Gasteiger partial charge on any atom is 0.119 e. The van der Waals surface area contributed by atoms with E-state index in [-0.39, 0.29) is 12.4 Å². The van der Waals surface area contributed by atoms with Crippen molar-refractivity contribution in [3.63, 3.8) is 0 Å². The van der Waals surface area contributed by atoms with E-state index in [4.69, 9.17) is 10.5 Å². The number of fused-ring (bicyclic) bond motifs is 1. The van der Waals surface area contributed by atoms with Gasteiger partial charge in [0.1, 0.15) is 5.75 Å². The Kier molecular flexibility index (Phi) is 4.79. The molecule has 0 aromatic heterocycles. The van der Waals surface area contributed by atoms with Crippen LogP contribution in [0.25, 0.3) is 10.8 Å². The molecule has 0 fully saturated rings. The molecule has 0 amide bonds. The molecule has 0 saturated heterocycles. The maximum absolute atomic E-state index is 5.67. The molecule has 0 radical (unpaired) electrons. The Morgan fingerprint density at radius 1 is 1.12 bits per heavy atom. The lowest BCUT2D eigenvalue weighted by atomic mass is 9.98. The van der Waals surface area contributed by atoms with Gasteiger partial charge in [0.05, 0.1) is 7.11 Å². The molecule has 0 aliphatic rings. The van der Waals surface area contributed by atoms with Crippen LogP contribution in [-0.2, 0) is 0 Å². The van der Waals surface area contributed by atoms with Gasteiger partial charge in [-0.15, -0.1) is 12.4 Å². The Hall–Kier alpha value is -1.25. The van der Waals surface area contributed by atoms with E-state index in [0.717, 1.165) is 5.75 Å². The zero-order chi connectivity index (χ0) is 11.5. The Morgan fingerprint density at radius 3 is 2.41 bits per heavy atom. The molecule has 2 aromatic rings. The molecule has 0 saturated carbocycles. The minimum Gasteiger partial charge on any atom is -0.497 e. The average molecular weight is 252 g/mol. The predicted octanol–water partition coefficient (Wildman–Crippen LogP) is 3.33. The fraction of sp³-hybridized carbons (Fsp3) is 0.286. The van der Waals surface area contributed by atoms with Crippen LogP contribution in [0.2, 0.25) is 0 Å². The molecule has 3 heteroatoms. The number of hydrogen-bond acceptors (Lipinski definition) is 2. The molecule has 0 heterocycles. The monoisotopic (exact) mass is 251 g/mol. The summed E-state index contributed by atoms with van der Waals surface area (Å²) in [5.41, 5.74) is 6.97. The summed E-state index contributed by atoms with van der Waals surface area (Å²) in [7, 11) is 1.69. The van der Waals surface area contributed by atoms with E-state index in [2.05, 4.69) is 31.2 Å². The van der Waals surface area contributed by atoms with Crippen LogP contribution >= 0.6 is 12.4 Å². The van der Waals surface area contributed by atoms with Crippen LogP contribution in [0, 0.1) is 0 Å². The standard InChI is InChI=1S/C14H17NO.ClH/c1-10(9-15)11-3-4-13-8-14(16-2)6-5-12(13)7-11;/h3-8,10H,9,15H2,1-2H3;1H. The van der Waals surface area contributed by atoms with Crippen molar-refractivity contribution in [1.29, 1.82) is 0 Å². The molecule has 92 valence electrons. The summed E-state index contributed by atoms with van der Waals surface area (Å²) in [5, 5.41) is 2.44. The van der Waals surface area contributed by atoms with Gasteiger partial charge in [-0.2, -0.15) is 0 Å². The molecule has 17 heavy (non-hydrogen) atoms. The van der Waals surface area contributed by atoms with Crippen molar-refractivity contribution in [2.45, 2.75) is 12.8 Å². The van der Waals surface area contributed by atoms with E-state index in [0.29, 0.717) is 12.5 Å². The van der Waals surface area contributed by atoms with Crippen LogP contribution < -0.4 is 10.5 Å². The van der Waals surface area contributed by atoms with Crippen molar-refractivity contribution in [3.8, 4) is 5.75 Å². The molecular weight excluding hydrogens is 234 g/mol. The van der Waals surface area contributed by atoms with Gasteiger partial charge in [-0.1, -0.05) is 31.2 Å². The third-order valence-corrected chi connectivity index (χ3v) is 2.99. The Morgan fingerprint density at radius 2 is 1.76 bits per heavy atom. The predicted molar refractivity (Wildman–Crippen MR) is 75.2 cm³/mol. The zero-order valence-corrected chi connectivity index (χ0v) is 11.0. The molecule has 0 bridgehead atoms. The topological polar surface area (TPSA) is 35.2 Å². The Balaban J connectivity index is 0.00000144. The van der Waals surface area contributed by atoms with Crippen LogP contribution in [0.3, 0.4) is 0 Å². The molecule has 0 spiro atoms. The van der Waals surface area contributed by atoms with Gasteiger partial charge in [0, 0.05) is 0 Å². The van der Waals surface area contributed by atoms with E-state index in [9.17, 15) is 0 Å². The summed E-state index contributed by atoms with van der Waals surface area (Å²) >= 11 is 0. The first-order valence-corrected chi connectivity index (χ1v) is 5.52. The Bertz CT molecular complexity index is 499. The zero-order valence-electron chi connectivity index (χ0n) is 10.1. The highest BCUT2D eigenvalue weighted by molar-refractivity contribution is 5.85. The number of hydrogen-bond donors (Lipinski definition) is 1. The molecule has 0 aliphatic carbocycles. The molecule has 0 aliphatic heterocycles. The fourth-order valence-corrected chi connectivity index (χ4v) is 1.81. The van der Waals surface area contributed by atoms with Crippen molar-refractivity contribution in [1.82, 2.24) is 0 Å². The molecule has 1 unspecified atom stereocenters. The average Bonchev–Trinajstić information content (AvgIpc) is 2.36. The van der Waals surface area contributed by atoms with Crippen LogP contribution in [-0.4, -0.2) is 13.7 Å². The SMILES string of the molecule is COc1ccc2cc(C(C)CN)ccc2c1.Cl. The second-order valence-electron chi connectivity index (χ2n) is 4.11. The molecule has 2 rings (SSSR count). The third-order valence-electron chi connectivity index (χ3n) is 2.99. The van der Waals surface area contributed by atoms with Crippen LogP contribution in [0.15, 0.2) is 36.4 Å². The van der Waals surface area contributed by atoms with Gasteiger partial charge in [-0.05, 0) is 40.9 Å². The maximum atomic E-state index is 5.67. The summed E-state index contributed by atoms with van der Waals surface area (Å²) in [6, 6.07) is 12.6. The summed E-state index contributed by atoms with van der Waals surface area (Å²) in [6.07, 6.45) is 0. The van der Waals surface area contributed by atoms with E-state index in [1.165, 1.54) is 16.3 Å². The molecule has 2 N–H and O–H groups in total. The van der Waals surface area contributed by atoms with E-state index in [1.54, 1.807) is 7.11 Å². The number of halogens is 1. The first kappa shape index (κ1) is 13.8. The van der Waals surface area contributed by atoms with E-state index < -0.39 is 0 Å². The highest BCUT2D eigenvalue weighted by atomic mass is 35.5. The normalized spacial score (nSPS) is 11.9. The number of methoxy groups -OCH3 is 1. The second kappa shape index (κ2) is 5.89. The summed E-state index contributed by atoms with van der Waals surface area (Å²) < 4.78 is 5.20. The van der Waals surface area contributed by atoms with Crippen molar-refractivity contribution in [2.24, 2.45) is 5.73 Å². The lowest BCUT2D eigenvalue weighted by Crippen LogP contribution is -2.08. The second-order valence-corrected chi connectivity index (χ2v) is 4.11. The Labute approximate surface area is 108 Å². The van der Waals surface area contributed by atoms with Crippen molar-refractivity contribution in [2.75, 3.05) is 13.7 Å². The van der Waals surface area contributed by atoms with Gasteiger partial charge in [0.15, 0.2) is 0 Å². The summed E-state index contributed by atoms with van der Waals surface area (Å²) in [6.45, 7) is 2.83. The number of nitrogens with two attached hydrogens (primary N) is 1. The van der Waals surface area contributed by atoms with Crippen molar-refractivity contribution >= 4 is 23.2 Å². The number of benzene rings is 2. The first-order valence-electron chi connectivity index (χ1n) is 5.52. The molecule has 1 atom stereocenters. The minimum absolute atomic E-state index is 0. The summed E-state index contributed by atoms with van der Waals surface area (Å²) in [4.78, 5) is 0. The van der Waals surface area contributed by atoms with Gasteiger partial charge in [-0.25, -0.2) is 0 Å². The quantitative estimate of drug-likeness (QED) is 0.908. The smallest absolute Gasteiger partial charge is 0.119 e. The van der Waals surface area contributed by atoms with Gasteiger partial charge < -0.3 is 10.5 Å². The largest absolute Gasteiger partial charge is 0.497 e. The van der Waals surface area contributed by atoms with Gasteiger partial charge in [-0.3, -0.25) is 0 Å². The number of ether oxygens (including phenoxy) is 1. The molecule has 2 nitrogen and oxygen atoms in total. The highest BCUT2D eigenvalue weighted by Gasteiger charge is 2.04. The van der Waals surface area contributed by atoms with E-state index >= 15 is 0 Å². The fourth-order valence-electron chi connectivity index (χ4n) is 1.81. The summed E-state index contributed by atoms with van der Waals surface area (Å²) in [5.74, 6) is 1.30. The lowest BCUT2D eigenvalue weighted by molar-refractivity contribution is 0.415. The van der Waals surface area contributed by atoms with Gasteiger partial charge in [0.25, 0.3) is 0 Å².